The van der Waals surface area contributed by atoms with Crippen molar-refractivity contribution in [3.05, 3.63) is 35.5 Å². The molecule has 2 aromatic rings. The molecule has 96 valence electrons. The number of methoxy groups -OCH3 is 1. The van der Waals surface area contributed by atoms with Gasteiger partial charge in [0.25, 0.3) is 0 Å². The number of fused-ring (bicyclic) bond motifs is 1. The molecule has 0 fully saturated rings. The Balaban J connectivity index is 2.26. The lowest BCUT2D eigenvalue weighted by atomic mass is 10.1. The van der Waals surface area contributed by atoms with Crippen LogP contribution < -0.4 is 5.32 Å². The van der Waals surface area contributed by atoms with Crippen molar-refractivity contribution in [3.63, 3.8) is 0 Å². The Hall–Kier alpha value is -1.32. The third kappa shape index (κ3) is 3.12. The predicted molar refractivity (Wildman–Crippen MR) is 76.3 cm³/mol. The highest BCUT2D eigenvalue weighted by atomic mass is 35.5. The van der Waals surface area contributed by atoms with Crippen molar-refractivity contribution in [1.29, 1.82) is 0 Å². The Morgan fingerprint density at radius 2 is 2.28 bits per heavy atom. The van der Waals surface area contributed by atoms with Gasteiger partial charge in [-0.05, 0) is 31.5 Å². The van der Waals surface area contributed by atoms with Crippen molar-refractivity contribution in [2.45, 2.75) is 19.4 Å². The van der Waals surface area contributed by atoms with Crippen LogP contribution in [0.3, 0.4) is 0 Å². The average Bonchev–Trinajstić information content (AvgIpc) is 2.36. The summed E-state index contributed by atoms with van der Waals surface area (Å²) in [6.07, 6.45) is 2.73. The van der Waals surface area contributed by atoms with Gasteiger partial charge in [-0.15, -0.1) is 0 Å². The van der Waals surface area contributed by atoms with Crippen molar-refractivity contribution in [1.82, 2.24) is 4.98 Å². The summed E-state index contributed by atoms with van der Waals surface area (Å²) in [4.78, 5) is 4.40. The molecule has 3 nitrogen and oxygen atoms in total. The van der Waals surface area contributed by atoms with E-state index in [4.69, 9.17) is 16.3 Å². The molecule has 1 unspecified atom stereocenters. The van der Waals surface area contributed by atoms with Gasteiger partial charge < -0.3 is 10.1 Å². The maximum absolute atomic E-state index is 6.12. The lowest BCUT2D eigenvalue weighted by Gasteiger charge is -2.16. The summed E-state index contributed by atoms with van der Waals surface area (Å²) in [5.41, 5.74) is 1.92. The van der Waals surface area contributed by atoms with Crippen molar-refractivity contribution in [2.75, 3.05) is 19.0 Å². The average molecular weight is 265 g/mol. The van der Waals surface area contributed by atoms with Gasteiger partial charge in [0.15, 0.2) is 0 Å². The van der Waals surface area contributed by atoms with Crippen LogP contribution in [0.15, 0.2) is 30.5 Å². The van der Waals surface area contributed by atoms with E-state index < -0.39 is 0 Å². The predicted octanol–water partition coefficient (Wildman–Crippen LogP) is 3.73. The minimum atomic E-state index is 0.314. The van der Waals surface area contributed by atoms with E-state index in [0.717, 1.165) is 34.6 Å². The van der Waals surface area contributed by atoms with Crippen LogP contribution in [-0.4, -0.2) is 24.7 Å². The molecule has 0 aliphatic heterocycles. The second-order valence-corrected chi connectivity index (χ2v) is 4.79. The van der Waals surface area contributed by atoms with Gasteiger partial charge in [0.05, 0.1) is 11.2 Å². The Kier molecular flexibility index (Phi) is 4.39. The second-order valence-electron chi connectivity index (χ2n) is 4.36. The molecule has 0 saturated carbocycles. The van der Waals surface area contributed by atoms with Gasteiger partial charge in [0, 0.05) is 36.4 Å². The van der Waals surface area contributed by atoms with Crippen LogP contribution in [0, 0.1) is 0 Å². The zero-order valence-electron chi connectivity index (χ0n) is 10.6. The van der Waals surface area contributed by atoms with Gasteiger partial charge >= 0.3 is 0 Å². The molecule has 0 saturated heterocycles. The van der Waals surface area contributed by atoms with Crippen LogP contribution in [-0.2, 0) is 4.74 Å². The molecule has 0 radical (unpaired) electrons. The third-order valence-electron chi connectivity index (χ3n) is 2.83. The van der Waals surface area contributed by atoms with Crippen LogP contribution in [0.1, 0.15) is 13.3 Å². The molecule has 1 aromatic carbocycles. The summed E-state index contributed by atoms with van der Waals surface area (Å²) in [6, 6.07) is 8.08. The molecule has 1 heterocycles. The Labute approximate surface area is 112 Å². The van der Waals surface area contributed by atoms with E-state index >= 15 is 0 Å². The first kappa shape index (κ1) is 13.1. The SMILES string of the molecule is COCCC(C)Nc1cc(Cl)cc2cccnc12. The van der Waals surface area contributed by atoms with E-state index in [9.17, 15) is 0 Å². The molecule has 1 atom stereocenters. The minimum absolute atomic E-state index is 0.314. The van der Waals surface area contributed by atoms with E-state index in [1.165, 1.54) is 0 Å². The molecule has 2 rings (SSSR count). The summed E-state index contributed by atoms with van der Waals surface area (Å²) in [7, 11) is 1.71. The number of hydrogen-bond donors (Lipinski definition) is 1. The fourth-order valence-corrected chi connectivity index (χ4v) is 2.12. The fourth-order valence-electron chi connectivity index (χ4n) is 1.90. The van der Waals surface area contributed by atoms with Crippen molar-refractivity contribution in [2.24, 2.45) is 0 Å². The van der Waals surface area contributed by atoms with Gasteiger partial charge in [-0.2, -0.15) is 0 Å². The summed E-state index contributed by atoms with van der Waals surface area (Å²) in [5.74, 6) is 0. The lowest BCUT2D eigenvalue weighted by molar-refractivity contribution is 0.191. The van der Waals surface area contributed by atoms with E-state index in [2.05, 4.69) is 17.2 Å². The Morgan fingerprint density at radius 1 is 1.44 bits per heavy atom. The Morgan fingerprint density at radius 3 is 3.06 bits per heavy atom. The zero-order valence-corrected chi connectivity index (χ0v) is 11.4. The number of anilines is 1. The normalized spacial score (nSPS) is 12.6. The molecule has 0 aliphatic rings. The highest BCUT2D eigenvalue weighted by Crippen LogP contribution is 2.26. The highest BCUT2D eigenvalue weighted by Gasteiger charge is 2.07. The number of pyridine rings is 1. The first-order valence-corrected chi connectivity index (χ1v) is 6.38. The summed E-state index contributed by atoms with van der Waals surface area (Å²) >= 11 is 6.12. The summed E-state index contributed by atoms with van der Waals surface area (Å²) in [6.45, 7) is 2.86. The Bertz CT molecular complexity index is 530. The van der Waals surface area contributed by atoms with Crippen LogP contribution in [0.25, 0.3) is 10.9 Å². The van der Waals surface area contributed by atoms with Crippen molar-refractivity contribution < 1.29 is 4.74 Å². The largest absolute Gasteiger partial charge is 0.385 e. The third-order valence-corrected chi connectivity index (χ3v) is 3.04. The number of aromatic nitrogens is 1. The van der Waals surface area contributed by atoms with Crippen molar-refractivity contribution in [3.8, 4) is 0 Å². The standard InChI is InChI=1S/C14H17ClN2O/c1-10(5-7-18-2)17-13-9-12(15)8-11-4-3-6-16-14(11)13/h3-4,6,8-10,17H,5,7H2,1-2H3. The van der Waals surface area contributed by atoms with E-state index in [1.807, 2.05) is 24.3 Å². The van der Waals surface area contributed by atoms with Gasteiger partial charge in [-0.1, -0.05) is 17.7 Å². The van der Waals surface area contributed by atoms with Gasteiger partial charge in [-0.3, -0.25) is 4.98 Å². The van der Waals surface area contributed by atoms with Gasteiger partial charge in [0.2, 0.25) is 0 Å². The molecular formula is C14H17ClN2O. The number of rotatable bonds is 5. The number of hydrogen-bond acceptors (Lipinski definition) is 3. The molecule has 1 aromatic heterocycles. The van der Waals surface area contributed by atoms with E-state index in [1.54, 1.807) is 13.3 Å². The van der Waals surface area contributed by atoms with Crippen molar-refractivity contribution >= 4 is 28.2 Å². The van der Waals surface area contributed by atoms with Crippen LogP contribution >= 0.6 is 11.6 Å². The molecule has 1 N–H and O–H groups in total. The first-order chi connectivity index (χ1) is 8.70. The maximum Gasteiger partial charge on any atom is 0.0934 e. The van der Waals surface area contributed by atoms with Gasteiger partial charge in [-0.25, -0.2) is 0 Å². The number of ether oxygens (including phenoxy) is 1. The minimum Gasteiger partial charge on any atom is -0.385 e. The summed E-state index contributed by atoms with van der Waals surface area (Å²) < 4.78 is 5.08. The fraction of sp³-hybridized carbons (Fsp3) is 0.357. The quantitative estimate of drug-likeness (QED) is 0.894. The monoisotopic (exact) mass is 264 g/mol. The molecule has 0 amide bonds. The molecule has 0 spiro atoms. The van der Waals surface area contributed by atoms with Crippen LogP contribution in [0.2, 0.25) is 5.02 Å². The highest BCUT2D eigenvalue weighted by molar-refractivity contribution is 6.31. The van der Waals surface area contributed by atoms with E-state index in [-0.39, 0.29) is 0 Å². The number of halogens is 1. The number of nitrogens with one attached hydrogen (secondary N) is 1. The summed E-state index contributed by atoms with van der Waals surface area (Å²) in [5, 5.41) is 5.20. The maximum atomic E-state index is 6.12. The molecule has 0 aliphatic carbocycles. The van der Waals surface area contributed by atoms with Gasteiger partial charge in [0.1, 0.15) is 0 Å². The lowest BCUT2D eigenvalue weighted by Crippen LogP contribution is -2.17. The molecule has 18 heavy (non-hydrogen) atoms. The molecule has 0 bridgehead atoms. The molecular weight excluding hydrogens is 248 g/mol. The van der Waals surface area contributed by atoms with Crippen LogP contribution in [0.4, 0.5) is 5.69 Å². The number of benzene rings is 1. The topological polar surface area (TPSA) is 34.1 Å². The molecule has 4 heteroatoms. The smallest absolute Gasteiger partial charge is 0.0934 e. The first-order valence-electron chi connectivity index (χ1n) is 6.00. The van der Waals surface area contributed by atoms with Crippen LogP contribution in [0.5, 0.6) is 0 Å². The number of nitrogens with zero attached hydrogens (tertiary/aromatic N) is 1. The zero-order chi connectivity index (χ0) is 13.0. The van der Waals surface area contributed by atoms with E-state index in [0.29, 0.717) is 6.04 Å². The second kappa shape index (κ2) is 6.03.